The van der Waals surface area contributed by atoms with Crippen LogP contribution in [0.2, 0.25) is 0 Å². The molecule has 0 aromatic heterocycles. The van der Waals surface area contributed by atoms with Gasteiger partial charge in [-0.25, -0.2) is 0 Å². The average Bonchev–Trinajstić information content (AvgIpc) is 2.62. The standard InChI is InChI=1S/C24H50O/c1-7-13-15-17-21-23(11-5,19-9-3)25-24(12-6,20-10-4)22-18-16-14-8-2/h7-22H2,1-6H3. The van der Waals surface area contributed by atoms with E-state index < -0.39 is 0 Å². The van der Waals surface area contributed by atoms with Crippen molar-refractivity contribution in [2.45, 2.75) is 155 Å². The van der Waals surface area contributed by atoms with E-state index in [4.69, 9.17) is 4.74 Å². The van der Waals surface area contributed by atoms with E-state index in [0.717, 1.165) is 0 Å². The number of ether oxygens (including phenoxy) is 1. The van der Waals surface area contributed by atoms with Crippen LogP contribution in [0.4, 0.5) is 0 Å². The SMILES string of the molecule is CCCCCCC(CC)(CCC)OC(CC)(CCC)CCCCCC. The summed E-state index contributed by atoms with van der Waals surface area (Å²) >= 11 is 0. The molecule has 0 heterocycles. The number of unbranched alkanes of at least 4 members (excludes halogenated alkanes) is 6. The summed E-state index contributed by atoms with van der Waals surface area (Å²) in [4.78, 5) is 0. The number of hydrogen-bond donors (Lipinski definition) is 0. The van der Waals surface area contributed by atoms with Crippen LogP contribution in [0.1, 0.15) is 144 Å². The van der Waals surface area contributed by atoms with Gasteiger partial charge in [-0.05, 0) is 38.5 Å². The smallest absolute Gasteiger partial charge is 0.0687 e. The summed E-state index contributed by atoms with van der Waals surface area (Å²) in [7, 11) is 0. The van der Waals surface area contributed by atoms with Crippen LogP contribution in [0.5, 0.6) is 0 Å². The van der Waals surface area contributed by atoms with Gasteiger partial charge >= 0.3 is 0 Å². The first kappa shape index (κ1) is 25.0. The van der Waals surface area contributed by atoms with E-state index in [1.54, 1.807) is 0 Å². The van der Waals surface area contributed by atoms with Gasteiger partial charge in [-0.1, -0.05) is 106 Å². The summed E-state index contributed by atoms with van der Waals surface area (Å²) in [5.41, 5.74) is 0.247. The van der Waals surface area contributed by atoms with Gasteiger partial charge in [-0.15, -0.1) is 0 Å². The Kier molecular flexibility index (Phi) is 15.0. The monoisotopic (exact) mass is 354 g/mol. The van der Waals surface area contributed by atoms with Crippen LogP contribution in [0.25, 0.3) is 0 Å². The predicted octanol–water partition coefficient (Wildman–Crippen LogP) is 8.84. The van der Waals surface area contributed by atoms with Crippen LogP contribution in [-0.4, -0.2) is 11.2 Å². The van der Waals surface area contributed by atoms with Gasteiger partial charge in [-0.2, -0.15) is 0 Å². The molecule has 0 radical (unpaired) electrons. The Labute approximate surface area is 160 Å². The topological polar surface area (TPSA) is 9.23 Å². The van der Waals surface area contributed by atoms with Crippen molar-refractivity contribution in [2.24, 2.45) is 0 Å². The molecule has 0 N–H and O–H groups in total. The Morgan fingerprint density at radius 1 is 0.440 bits per heavy atom. The first-order valence-corrected chi connectivity index (χ1v) is 11.8. The summed E-state index contributed by atoms with van der Waals surface area (Å²) in [6.45, 7) is 14.0. The van der Waals surface area contributed by atoms with Crippen LogP contribution < -0.4 is 0 Å². The van der Waals surface area contributed by atoms with E-state index in [0.29, 0.717) is 0 Å². The maximum atomic E-state index is 7.17. The zero-order chi connectivity index (χ0) is 19.0. The van der Waals surface area contributed by atoms with Crippen molar-refractivity contribution in [2.75, 3.05) is 0 Å². The van der Waals surface area contributed by atoms with E-state index in [1.165, 1.54) is 103 Å². The first-order chi connectivity index (χ1) is 12.1. The second kappa shape index (κ2) is 15.1. The fourth-order valence-corrected chi connectivity index (χ4v) is 4.42. The van der Waals surface area contributed by atoms with Crippen LogP contribution in [0, 0.1) is 0 Å². The van der Waals surface area contributed by atoms with Gasteiger partial charge in [0.25, 0.3) is 0 Å². The Morgan fingerprint density at radius 3 is 1.12 bits per heavy atom. The normalized spacial score (nSPS) is 16.6. The molecular weight excluding hydrogens is 304 g/mol. The van der Waals surface area contributed by atoms with Crippen molar-refractivity contribution in [3.63, 3.8) is 0 Å². The Morgan fingerprint density at radius 2 is 0.840 bits per heavy atom. The second-order valence-electron chi connectivity index (χ2n) is 8.30. The maximum Gasteiger partial charge on any atom is 0.0687 e. The maximum absolute atomic E-state index is 7.17. The lowest BCUT2D eigenvalue weighted by Crippen LogP contribution is -2.44. The van der Waals surface area contributed by atoms with E-state index in [9.17, 15) is 0 Å². The fraction of sp³-hybridized carbons (Fsp3) is 1.00. The Hall–Kier alpha value is -0.0400. The van der Waals surface area contributed by atoms with Gasteiger partial charge in [0.1, 0.15) is 0 Å². The molecule has 0 fully saturated rings. The van der Waals surface area contributed by atoms with Gasteiger partial charge in [0.05, 0.1) is 11.2 Å². The molecule has 25 heavy (non-hydrogen) atoms. The molecule has 0 bridgehead atoms. The number of hydrogen-bond acceptors (Lipinski definition) is 1. The third-order valence-corrected chi connectivity index (χ3v) is 6.10. The Balaban J connectivity index is 5.06. The summed E-state index contributed by atoms with van der Waals surface area (Å²) in [6, 6.07) is 0. The molecule has 0 aromatic carbocycles. The third-order valence-electron chi connectivity index (χ3n) is 6.10. The van der Waals surface area contributed by atoms with Crippen LogP contribution in [0.3, 0.4) is 0 Å². The molecule has 0 aliphatic heterocycles. The fourth-order valence-electron chi connectivity index (χ4n) is 4.42. The largest absolute Gasteiger partial charge is 0.369 e. The average molecular weight is 355 g/mol. The molecule has 0 aliphatic rings. The van der Waals surface area contributed by atoms with E-state index >= 15 is 0 Å². The van der Waals surface area contributed by atoms with Crippen molar-refractivity contribution < 1.29 is 4.74 Å². The lowest BCUT2D eigenvalue weighted by atomic mass is 9.83. The second-order valence-corrected chi connectivity index (χ2v) is 8.30. The van der Waals surface area contributed by atoms with E-state index in [2.05, 4.69) is 41.5 Å². The lowest BCUT2D eigenvalue weighted by molar-refractivity contribution is -0.177. The molecular formula is C24H50O. The van der Waals surface area contributed by atoms with Gasteiger partial charge in [0, 0.05) is 0 Å². The zero-order valence-electron chi connectivity index (χ0n) is 18.7. The quantitative estimate of drug-likeness (QED) is 0.223. The molecule has 0 saturated carbocycles. The van der Waals surface area contributed by atoms with Crippen LogP contribution in [-0.2, 0) is 4.74 Å². The molecule has 0 spiro atoms. The molecule has 2 atom stereocenters. The minimum Gasteiger partial charge on any atom is -0.369 e. The molecule has 0 saturated heterocycles. The van der Waals surface area contributed by atoms with Crippen LogP contribution >= 0.6 is 0 Å². The summed E-state index contributed by atoms with van der Waals surface area (Å²) in [6.07, 6.45) is 20.6. The molecule has 2 unspecified atom stereocenters. The highest BCUT2D eigenvalue weighted by atomic mass is 16.5. The molecule has 1 nitrogen and oxygen atoms in total. The molecule has 0 aliphatic carbocycles. The highest BCUT2D eigenvalue weighted by Gasteiger charge is 2.38. The van der Waals surface area contributed by atoms with Crippen molar-refractivity contribution in [3.05, 3.63) is 0 Å². The van der Waals surface area contributed by atoms with Gasteiger partial charge in [0.2, 0.25) is 0 Å². The predicted molar refractivity (Wildman–Crippen MR) is 114 cm³/mol. The van der Waals surface area contributed by atoms with Gasteiger partial charge < -0.3 is 4.74 Å². The minimum atomic E-state index is 0.123. The minimum absolute atomic E-state index is 0.123. The van der Waals surface area contributed by atoms with Crippen molar-refractivity contribution >= 4 is 0 Å². The van der Waals surface area contributed by atoms with E-state index in [1.807, 2.05) is 0 Å². The molecule has 0 amide bonds. The molecule has 152 valence electrons. The first-order valence-electron chi connectivity index (χ1n) is 11.8. The zero-order valence-corrected chi connectivity index (χ0v) is 18.7. The van der Waals surface area contributed by atoms with Gasteiger partial charge in [0.15, 0.2) is 0 Å². The van der Waals surface area contributed by atoms with Crippen molar-refractivity contribution in [1.82, 2.24) is 0 Å². The Bertz CT molecular complexity index is 260. The highest BCUT2D eigenvalue weighted by Crippen LogP contribution is 2.39. The van der Waals surface area contributed by atoms with Crippen LogP contribution in [0.15, 0.2) is 0 Å². The van der Waals surface area contributed by atoms with Crippen molar-refractivity contribution in [3.8, 4) is 0 Å². The molecule has 1 heteroatoms. The van der Waals surface area contributed by atoms with Gasteiger partial charge in [-0.3, -0.25) is 0 Å². The van der Waals surface area contributed by atoms with Crippen molar-refractivity contribution in [1.29, 1.82) is 0 Å². The summed E-state index contributed by atoms with van der Waals surface area (Å²) < 4.78 is 7.17. The summed E-state index contributed by atoms with van der Waals surface area (Å²) in [5, 5.41) is 0. The molecule has 0 rings (SSSR count). The third kappa shape index (κ3) is 10.0. The molecule has 0 aromatic rings. The lowest BCUT2D eigenvalue weighted by Gasteiger charge is -2.44. The highest BCUT2D eigenvalue weighted by molar-refractivity contribution is 4.88. The summed E-state index contributed by atoms with van der Waals surface area (Å²) in [5.74, 6) is 0. The number of rotatable bonds is 18. The van der Waals surface area contributed by atoms with E-state index in [-0.39, 0.29) is 11.2 Å².